The molecule has 0 aliphatic carbocycles. The van der Waals surface area contributed by atoms with Gasteiger partial charge in [0.25, 0.3) is 0 Å². The Morgan fingerprint density at radius 3 is 2.40 bits per heavy atom. The van der Waals surface area contributed by atoms with Crippen molar-refractivity contribution in [3.05, 3.63) is 22.2 Å². The molecular weight excluding hydrogens is 427 g/mol. The minimum atomic E-state index is 0. The Hall–Kier alpha value is -0.200. The van der Waals surface area contributed by atoms with E-state index in [1.54, 1.807) is 0 Å². The highest BCUT2D eigenvalue weighted by Crippen LogP contribution is 2.39. The topological polar surface area (TPSA) is 44.7 Å². The third-order valence-electron chi connectivity index (χ3n) is 4.35. The SMILES string of the molecule is CCOc1cc([C@@H](CCC(C)C)N2CCNCC2)cc(Br)c1O.Cl.Cl. The van der Waals surface area contributed by atoms with E-state index in [2.05, 4.69) is 40.0 Å². The summed E-state index contributed by atoms with van der Waals surface area (Å²) in [6, 6.07) is 4.43. The lowest BCUT2D eigenvalue weighted by Gasteiger charge is -2.36. The standard InChI is InChI=1S/C18H29BrN2O2.2ClH/c1-4-23-17-12-14(11-15(19)18(17)22)16(6-5-13(2)3)21-9-7-20-8-10-21;;/h11-13,16,20,22H,4-10H2,1-3H3;2*1H/t16-;;/m1../s1. The van der Waals surface area contributed by atoms with Gasteiger partial charge in [0.1, 0.15) is 0 Å². The fourth-order valence-electron chi connectivity index (χ4n) is 3.10. The van der Waals surface area contributed by atoms with Gasteiger partial charge in [-0.15, -0.1) is 24.8 Å². The summed E-state index contributed by atoms with van der Waals surface area (Å²) in [6.45, 7) is 11.2. The van der Waals surface area contributed by atoms with E-state index in [-0.39, 0.29) is 30.6 Å². The summed E-state index contributed by atoms with van der Waals surface area (Å²) in [5.74, 6) is 1.45. The second-order valence-electron chi connectivity index (χ2n) is 6.56. The molecule has 0 aromatic heterocycles. The number of benzene rings is 1. The first-order chi connectivity index (χ1) is 11.0. The zero-order chi connectivity index (χ0) is 16.8. The van der Waals surface area contributed by atoms with Crippen LogP contribution in [-0.4, -0.2) is 42.8 Å². The summed E-state index contributed by atoms with van der Waals surface area (Å²) in [4.78, 5) is 2.55. The Bertz CT molecular complexity index is 512. The maximum atomic E-state index is 10.2. The Morgan fingerprint density at radius 1 is 1.20 bits per heavy atom. The fourth-order valence-corrected chi connectivity index (χ4v) is 3.56. The Balaban J connectivity index is 0.00000288. The van der Waals surface area contributed by atoms with Crippen LogP contribution < -0.4 is 10.1 Å². The maximum Gasteiger partial charge on any atom is 0.172 e. The van der Waals surface area contributed by atoms with E-state index in [1.165, 1.54) is 12.0 Å². The number of aromatic hydroxyl groups is 1. The van der Waals surface area contributed by atoms with Crippen LogP contribution in [0, 0.1) is 5.92 Å². The predicted octanol–water partition coefficient (Wildman–Crippen LogP) is 4.78. The van der Waals surface area contributed by atoms with E-state index in [9.17, 15) is 5.11 Å². The average Bonchev–Trinajstić information content (AvgIpc) is 2.53. The monoisotopic (exact) mass is 456 g/mol. The highest BCUT2D eigenvalue weighted by molar-refractivity contribution is 9.10. The Kier molecular flexibility index (Phi) is 12.1. The minimum Gasteiger partial charge on any atom is -0.503 e. The normalized spacial score (nSPS) is 16.0. The number of hydrogen-bond donors (Lipinski definition) is 2. The molecule has 0 saturated carbocycles. The van der Waals surface area contributed by atoms with E-state index < -0.39 is 0 Å². The molecule has 4 nitrogen and oxygen atoms in total. The molecule has 0 amide bonds. The van der Waals surface area contributed by atoms with Crippen LogP contribution in [-0.2, 0) is 0 Å². The van der Waals surface area contributed by atoms with Gasteiger partial charge in [-0.1, -0.05) is 13.8 Å². The number of piperazine rings is 1. The van der Waals surface area contributed by atoms with Crippen LogP contribution in [0.3, 0.4) is 0 Å². The van der Waals surface area contributed by atoms with Crippen molar-refractivity contribution < 1.29 is 9.84 Å². The summed E-state index contributed by atoms with van der Waals surface area (Å²) < 4.78 is 6.32. The van der Waals surface area contributed by atoms with Gasteiger partial charge in [-0.05, 0) is 59.3 Å². The number of halogens is 3. The van der Waals surface area contributed by atoms with Crippen molar-refractivity contribution in [3.8, 4) is 11.5 Å². The molecule has 146 valence electrons. The molecule has 2 N–H and O–H groups in total. The summed E-state index contributed by atoms with van der Waals surface area (Å²) in [6.07, 6.45) is 2.32. The second kappa shape index (κ2) is 12.2. The van der Waals surface area contributed by atoms with Crippen LogP contribution in [0.2, 0.25) is 0 Å². The van der Waals surface area contributed by atoms with Crippen LogP contribution in [0.25, 0.3) is 0 Å². The van der Waals surface area contributed by atoms with Crippen molar-refractivity contribution in [1.29, 1.82) is 0 Å². The second-order valence-corrected chi connectivity index (χ2v) is 7.41. The van der Waals surface area contributed by atoms with Gasteiger partial charge in [-0.3, -0.25) is 4.90 Å². The van der Waals surface area contributed by atoms with Gasteiger partial charge in [0.15, 0.2) is 11.5 Å². The smallest absolute Gasteiger partial charge is 0.172 e. The van der Waals surface area contributed by atoms with Gasteiger partial charge in [0, 0.05) is 32.2 Å². The van der Waals surface area contributed by atoms with Crippen molar-refractivity contribution in [3.63, 3.8) is 0 Å². The maximum absolute atomic E-state index is 10.2. The van der Waals surface area contributed by atoms with Crippen molar-refractivity contribution in [2.45, 2.75) is 39.7 Å². The quantitative estimate of drug-likeness (QED) is 0.618. The lowest BCUT2D eigenvalue weighted by atomic mass is 9.95. The van der Waals surface area contributed by atoms with Gasteiger partial charge in [-0.25, -0.2) is 0 Å². The summed E-state index contributed by atoms with van der Waals surface area (Å²) in [5, 5.41) is 13.6. The molecule has 1 aromatic rings. The molecule has 0 unspecified atom stereocenters. The third-order valence-corrected chi connectivity index (χ3v) is 4.95. The number of ether oxygens (including phenoxy) is 1. The van der Waals surface area contributed by atoms with Gasteiger partial charge < -0.3 is 15.2 Å². The Morgan fingerprint density at radius 2 is 1.84 bits per heavy atom. The molecule has 1 aromatic carbocycles. The highest BCUT2D eigenvalue weighted by Gasteiger charge is 2.24. The zero-order valence-corrected chi connectivity index (χ0v) is 18.5. The molecule has 2 rings (SSSR count). The number of phenols is 1. The van der Waals surface area contributed by atoms with Gasteiger partial charge in [0.05, 0.1) is 11.1 Å². The van der Waals surface area contributed by atoms with Crippen molar-refractivity contribution in [2.24, 2.45) is 5.92 Å². The molecular formula is C18H31BrCl2N2O2. The van der Waals surface area contributed by atoms with Gasteiger partial charge >= 0.3 is 0 Å². The van der Waals surface area contributed by atoms with Crippen LogP contribution in [0.5, 0.6) is 11.5 Å². The first-order valence-corrected chi connectivity index (χ1v) is 9.42. The minimum absolute atomic E-state index is 0. The number of hydrogen-bond acceptors (Lipinski definition) is 4. The molecule has 1 fully saturated rings. The summed E-state index contributed by atoms with van der Waals surface area (Å²) in [5.41, 5.74) is 1.22. The van der Waals surface area contributed by atoms with Crippen molar-refractivity contribution >= 4 is 40.7 Å². The molecule has 1 saturated heterocycles. The molecule has 25 heavy (non-hydrogen) atoms. The molecule has 0 spiro atoms. The predicted molar refractivity (Wildman–Crippen MR) is 113 cm³/mol. The van der Waals surface area contributed by atoms with Gasteiger partial charge in [-0.2, -0.15) is 0 Å². The zero-order valence-electron chi connectivity index (χ0n) is 15.3. The number of rotatable bonds is 7. The molecule has 1 heterocycles. The van der Waals surface area contributed by atoms with E-state index >= 15 is 0 Å². The molecule has 7 heteroatoms. The highest BCUT2D eigenvalue weighted by atomic mass is 79.9. The molecule has 0 radical (unpaired) electrons. The van der Waals surface area contributed by atoms with Crippen molar-refractivity contribution in [1.82, 2.24) is 10.2 Å². The molecule has 0 bridgehead atoms. The van der Waals surface area contributed by atoms with Crippen LogP contribution in [0.4, 0.5) is 0 Å². The van der Waals surface area contributed by atoms with E-state index in [0.29, 0.717) is 28.8 Å². The van der Waals surface area contributed by atoms with Crippen LogP contribution in [0.15, 0.2) is 16.6 Å². The number of nitrogens with one attached hydrogen (secondary N) is 1. The molecule has 1 atom stereocenters. The fraction of sp³-hybridized carbons (Fsp3) is 0.667. The first kappa shape index (κ1) is 24.8. The molecule has 1 aliphatic rings. The first-order valence-electron chi connectivity index (χ1n) is 8.62. The molecule has 1 aliphatic heterocycles. The van der Waals surface area contributed by atoms with E-state index in [4.69, 9.17) is 4.74 Å². The lowest BCUT2D eigenvalue weighted by Crippen LogP contribution is -2.45. The van der Waals surface area contributed by atoms with Gasteiger partial charge in [0.2, 0.25) is 0 Å². The number of nitrogens with zero attached hydrogens (tertiary/aromatic N) is 1. The van der Waals surface area contributed by atoms with Crippen LogP contribution >= 0.6 is 40.7 Å². The van der Waals surface area contributed by atoms with Crippen molar-refractivity contribution in [2.75, 3.05) is 32.8 Å². The Labute approximate surface area is 172 Å². The van der Waals surface area contributed by atoms with Crippen LogP contribution in [0.1, 0.15) is 45.2 Å². The summed E-state index contributed by atoms with van der Waals surface area (Å²) in [7, 11) is 0. The summed E-state index contributed by atoms with van der Waals surface area (Å²) >= 11 is 3.48. The largest absolute Gasteiger partial charge is 0.503 e. The van der Waals surface area contributed by atoms with E-state index in [0.717, 1.165) is 32.6 Å². The lowest BCUT2D eigenvalue weighted by molar-refractivity contribution is 0.159. The average molecular weight is 458 g/mol. The van der Waals surface area contributed by atoms with E-state index in [1.807, 2.05) is 19.1 Å². The third kappa shape index (κ3) is 7.14. The number of phenolic OH excluding ortho intramolecular Hbond substituents is 1.